The van der Waals surface area contributed by atoms with E-state index in [0.29, 0.717) is 0 Å². The van der Waals surface area contributed by atoms with Gasteiger partial charge in [-0.15, -0.1) is 11.8 Å². The Balaban J connectivity index is 2.05. The molecule has 13 heavy (non-hydrogen) atoms. The van der Waals surface area contributed by atoms with E-state index in [9.17, 15) is 0 Å². The average molecular weight is 193 g/mol. The van der Waals surface area contributed by atoms with Crippen LogP contribution in [0.25, 0.3) is 0 Å². The van der Waals surface area contributed by atoms with E-state index in [4.69, 9.17) is 5.73 Å². The highest BCUT2D eigenvalue weighted by atomic mass is 32.2. The zero-order chi connectivity index (χ0) is 9.26. The molecule has 1 nitrogen and oxygen atoms in total. The van der Waals surface area contributed by atoms with Crippen LogP contribution in [0.1, 0.15) is 18.4 Å². The van der Waals surface area contributed by atoms with Gasteiger partial charge in [-0.2, -0.15) is 0 Å². The van der Waals surface area contributed by atoms with Crippen LogP contribution in [0.3, 0.4) is 0 Å². The van der Waals surface area contributed by atoms with Gasteiger partial charge in [0.2, 0.25) is 0 Å². The topological polar surface area (TPSA) is 26.0 Å². The first-order valence-corrected chi connectivity index (χ1v) is 5.74. The number of aryl methyl sites for hydroxylation is 1. The van der Waals surface area contributed by atoms with Crippen molar-refractivity contribution in [2.75, 3.05) is 11.5 Å². The van der Waals surface area contributed by atoms with Crippen molar-refractivity contribution in [2.24, 2.45) is 5.92 Å². The van der Waals surface area contributed by atoms with E-state index in [1.807, 2.05) is 11.8 Å². The lowest BCUT2D eigenvalue weighted by atomic mass is 10.2. The number of hydrogen-bond acceptors (Lipinski definition) is 2. The summed E-state index contributed by atoms with van der Waals surface area (Å²) in [5, 5.41) is 0. The Morgan fingerprint density at radius 1 is 1.46 bits per heavy atom. The van der Waals surface area contributed by atoms with Gasteiger partial charge >= 0.3 is 0 Å². The lowest BCUT2D eigenvalue weighted by molar-refractivity contribution is 1.000. The molecule has 1 aromatic rings. The summed E-state index contributed by atoms with van der Waals surface area (Å²) in [5.74, 6) is 2.21. The Kier molecular flexibility index (Phi) is 2.49. The van der Waals surface area contributed by atoms with Gasteiger partial charge in [-0.1, -0.05) is 12.1 Å². The van der Waals surface area contributed by atoms with E-state index in [0.717, 1.165) is 11.6 Å². The fourth-order valence-corrected chi connectivity index (χ4v) is 2.51. The first-order chi connectivity index (χ1) is 6.27. The predicted octanol–water partition coefficient (Wildman–Crippen LogP) is 3.08. The molecule has 2 heteroatoms. The van der Waals surface area contributed by atoms with E-state index in [1.165, 1.54) is 29.1 Å². The minimum absolute atomic E-state index is 0.963. The van der Waals surface area contributed by atoms with Crippen LogP contribution in [0.5, 0.6) is 0 Å². The second kappa shape index (κ2) is 3.62. The number of hydrogen-bond donors (Lipinski definition) is 1. The fraction of sp³-hybridized carbons (Fsp3) is 0.455. The zero-order valence-electron chi connectivity index (χ0n) is 7.92. The molecule has 1 saturated carbocycles. The standard InChI is InChI=1S/C11H15NS/c1-8-3-2-4-10(11(8)12)13-7-9-5-6-9/h2-4,9H,5-7,12H2,1H3. The molecule has 0 saturated heterocycles. The molecule has 2 rings (SSSR count). The van der Waals surface area contributed by atoms with Crippen LogP contribution in [0, 0.1) is 12.8 Å². The van der Waals surface area contributed by atoms with Crippen LogP contribution >= 0.6 is 11.8 Å². The highest BCUT2D eigenvalue weighted by Crippen LogP contribution is 2.37. The molecule has 0 spiro atoms. The lowest BCUT2D eigenvalue weighted by Gasteiger charge is -2.06. The number of anilines is 1. The highest BCUT2D eigenvalue weighted by molar-refractivity contribution is 7.99. The monoisotopic (exact) mass is 193 g/mol. The third kappa shape index (κ3) is 2.19. The molecule has 0 atom stereocenters. The van der Waals surface area contributed by atoms with Gasteiger partial charge in [0.1, 0.15) is 0 Å². The van der Waals surface area contributed by atoms with Gasteiger partial charge in [-0.25, -0.2) is 0 Å². The summed E-state index contributed by atoms with van der Waals surface area (Å²) in [4.78, 5) is 1.26. The molecule has 0 radical (unpaired) electrons. The molecule has 1 aliphatic rings. The number of para-hydroxylation sites is 1. The maximum absolute atomic E-state index is 5.97. The van der Waals surface area contributed by atoms with E-state index >= 15 is 0 Å². The molecular weight excluding hydrogens is 178 g/mol. The van der Waals surface area contributed by atoms with Gasteiger partial charge in [-0.05, 0) is 37.3 Å². The number of benzene rings is 1. The Bertz CT molecular complexity index is 305. The number of thioether (sulfide) groups is 1. The van der Waals surface area contributed by atoms with Crippen molar-refractivity contribution in [1.29, 1.82) is 0 Å². The summed E-state index contributed by atoms with van der Waals surface area (Å²) < 4.78 is 0. The van der Waals surface area contributed by atoms with Crippen LogP contribution in [0.2, 0.25) is 0 Å². The van der Waals surface area contributed by atoms with Crippen molar-refractivity contribution in [1.82, 2.24) is 0 Å². The van der Waals surface area contributed by atoms with Gasteiger partial charge in [0.25, 0.3) is 0 Å². The Labute approximate surface area is 83.7 Å². The molecule has 0 aliphatic heterocycles. The largest absolute Gasteiger partial charge is 0.398 e. The predicted molar refractivity (Wildman–Crippen MR) is 59.0 cm³/mol. The number of nitrogens with two attached hydrogens (primary N) is 1. The minimum atomic E-state index is 0.963. The first kappa shape index (κ1) is 8.95. The number of nitrogen functional groups attached to an aromatic ring is 1. The summed E-state index contributed by atoms with van der Waals surface area (Å²) in [5.41, 5.74) is 8.13. The van der Waals surface area contributed by atoms with E-state index in [-0.39, 0.29) is 0 Å². The van der Waals surface area contributed by atoms with Crippen LogP contribution < -0.4 is 5.73 Å². The summed E-state index contributed by atoms with van der Waals surface area (Å²) in [6, 6.07) is 6.27. The molecule has 70 valence electrons. The maximum Gasteiger partial charge on any atom is 0.0481 e. The molecule has 0 unspecified atom stereocenters. The molecular formula is C11H15NS. The summed E-state index contributed by atoms with van der Waals surface area (Å²) in [6.45, 7) is 2.07. The van der Waals surface area contributed by atoms with Crippen molar-refractivity contribution >= 4 is 17.4 Å². The molecule has 1 aromatic carbocycles. The lowest BCUT2D eigenvalue weighted by Crippen LogP contribution is -1.93. The fourth-order valence-electron chi connectivity index (χ4n) is 1.27. The second-order valence-corrected chi connectivity index (χ2v) is 4.80. The van der Waals surface area contributed by atoms with Crippen LogP contribution in [-0.4, -0.2) is 5.75 Å². The summed E-state index contributed by atoms with van der Waals surface area (Å²) in [7, 11) is 0. The van der Waals surface area contributed by atoms with Gasteiger partial charge in [0.05, 0.1) is 0 Å². The third-order valence-electron chi connectivity index (χ3n) is 2.46. The maximum atomic E-state index is 5.97. The Morgan fingerprint density at radius 2 is 2.23 bits per heavy atom. The van der Waals surface area contributed by atoms with Gasteiger partial charge in [0, 0.05) is 16.3 Å². The van der Waals surface area contributed by atoms with Crippen molar-refractivity contribution in [3.63, 3.8) is 0 Å². The SMILES string of the molecule is Cc1cccc(SCC2CC2)c1N. The van der Waals surface area contributed by atoms with Gasteiger partial charge in [-0.3, -0.25) is 0 Å². The van der Waals surface area contributed by atoms with Gasteiger partial charge < -0.3 is 5.73 Å². The van der Waals surface area contributed by atoms with Crippen LogP contribution in [0.4, 0.5) is 5.69 Å². The molecule has 0 heterocycles. The molecule has 0 aromatic heterocycles. The van der Waals surface area contributed by atoms with Gasteiger partial charge in [0.15, 0.2) is 0 Å². The molecule has 2 N–H and O–H groups in total. The quantitative estimate of drug-likeness (QED) is 0.589. The smallest absolute Gasteiger partial charge is 0.0481 e. The molecule has 0 bridgehead atoms. The van der Waals surface area contributed by atoms with Crippen molar-refractivity contribution in [2.45, 2.75) is 24.7 Å². The first-order valence-electron chi connectivity index (χ1n) is 4.75. The summed E-state index contributed by atoms with van der Waals surface area (Å²) >= 11 is 1.91. The number of rotatable bonds is 3. The zero-order valence-corrected chi connectivity index (χ0v) is 8.73. The highest BCUT2D eigenvalue weighted by Gasteiger charge is 2.21. The Hall–Kier alpha value is -0.630. The van der Waals surface area contributed by atoms with Crippen LogP contribution in [0.15, 0.2) is 23.1 Å². The van der Waals surface area contributed by atoms with Crippen molar-refractivity contribution < 1.29 is 0 Å². The molecule has 1 aliphatic carbocycles. The van der Waals surface area contributed by atoms with E-state index in [2.05, 4.69) is 25.1 Å². The second-order valence-electron chi connectivity index (χ2n) is 3.74. The van der Waals surface area contributed by atoms with E-state index in [1.54, 1.807) is 0 Å². The van der Waals surface area contributed by atoms with Crippen LogP contribution in [-0.2, 0) is 0 Å². The third-order valence-corrected chi connectivity index (χ3v) is 3.76. The minimum Gasteiger partial charge on any atom is -0.398 e. The molecule has 0 amide bonds. The Morgan fingerprint density at radius 3 is 2.92 bits per heavy atom. The summed E-state index contributed by atoms with van der Waals surface area (Å²) in [6.07, 6.45) is 2.83. The van der Waals surface area contributed by atoms with Crippen molar-refractivity contribution in [3.05, 3.63) is 23.8 Å². The average Bonchev–Trinajstić information content (AvgIpc) is 2.91. The van der Waals surface area contributed by atoms with Crippen molar-refractivity contribution in [3.8, 4) is 0 Å². The molecule has 1 fully saturated rings. The van der Waals surface area contributed by atoms with E-state index < -0.39 is 0 Å². The normalized spacial score (nSPS) is 16.1.